The maximum absolute atomic E-state index is 11.8. The van der Waals surface area contributed by atoms with Crippen LogP contribution in [0.15, 0.2) is 0 Å². The minimum atomic E-state index is -0.312. The van der Waals surface area contributed by atoms with Crippen LogP contribution in [-0.4, -0.2) is 5.78 Å². The summed E-state index contributed by atoms with van der Waals surface area (Å²) >= 11 is 0. The zero-order chi connectivity index (χ0) is 9.90. The first-order chi connectivity index (χ1) is 6.17. The highest BCUT2D eigenvalue weighted by Gasteiger charge is 2.42. The molecule has 0 aromatic carbocycles. The molecule has 0 N–H and O–H groups in total. The number of rotatable bonds is 2. The van der Waals surface area contributed by atoms with Crippen LogP contribution in [0.5, 0.6) is 0 Å². The molecule has 1 saturated carbocycles. The average molecular weight is 179 g/mol. The smallest absolute Gasteiger partial charge is 0.140 e. The van der Waals surface area contributed by atoms with E-state index in [0.29, 0.717) is 12.2 Å². The Morgan fingerprint density at radius 1 is 1.62 bits per heavy atom. The molecule has 1 aliphatic rings. The summed E-state index contributed by atoms with van der Waals surface area (Å²) in [4.78, 5) is 11.8. The van der Waals surface area contributed by atoms with Crippen LogP contribution < -0.4 is 0 Å². The van der Waals surface area contributed by atoms with Crippen LogP contribution in [0.25, 0.3) is 0 Å². The topological polar surface area (TPSA) is 40.9 Å². The number of hydrogen-bond donors (Lipinski definition) is 0. The molecule has 0 amide bonds. The molecule has 0 heterocycles. The Bertz CT molecular complexity index is 241. The van der Waals surface area contributed by atoms with Gasteiger partial charge in [-0.1, -0.05) is 13.3 Å². The largest absolute Gasteiger partial charge is 0.299 e. The van der Waals surface area contributed by atoms with E-state index in [1.165, 1.54) is 0 Å². The van der Waals surface area contributed by atoms with E-state index in [-0.39, 0.29) is 11.3 Å². The van der Waals surface area contributed by atoms with E-state index in [0.717, 1.165) is 25.7 Å². The SMILES string of the molecule is CCC1(C(C)C#N)CCCCC1=O. The Labute approximate surface area is 79.9 Å². The summed E-state index contributed by atoms with van der Waals surface area (Å²) in [7, 11) is 0. The van der Waals surface area contributed by atoms with Gasteiger partial charge in [0.25, 0.3) is 0 Å². The molecule has 0 radical (unpaired) electrons. The van der Waals surface area contributed by atoms with E-state index in [4.69, 9.17) is 5.26 Å². The first-order valence-corrected chi connectivity index (χ1v) is 5.10. The summed E-state index contributed by atoms with van der Waals surface area (Å²) in [6, 6.07) is 2.24. The molecule has 0 aromatic rings. The van der Waals surface area contributed by atoms with Crippen LogP contribution in [0.4, 0.5) is 0 Å². The van der Waals surface area contributed by atoms with Crippen LogP contribution in [0, 0.1) is 22.7 Å². The molecular formula is C11H17NO. The van der Waals surface area contributed by atoms with Crippen LogP contribution in [-0.2, 0) is 4.79 Å². The summed E-state index contributed by atoms with van der Waals surface area (Å²) in [6.07, 6.45) is 4.53. The van der Waals surface area contributed by atoms with Crippen molar-refractivity contribution in [3.63, 3.8) is 0 Å². The number of nitrogens with zero attached hydrogens (tertiary/aromatic N) is 1. The quantitative estimate of drug-likeness (QED) is 0.654. The fourth-order valence-corrected chi connectivity index (χ4v) is 2.38. The monoisotopic (exact) mass is 179 g/mol. The van der Waals surface area contributed by atoms with Crippen molar-refractivity contribution in [3.05, 3.63) is 0 Å². The van der Waals surface area contributed by atoms with E-state index in [2.05, 4.69) is 6.07 Å². The molecule has 0 spiro atoms. The average Bonchev–Trinajstić information content (AvgIpc) is 2.18. The highest BCUT2D eigenvalue weighted by Crippen LogP contribution is 2.42. The van der Waals surface area contributed by atoms with Gasteiger partial charge in [0.1, 0.15) is 5.78 Å². The molecular weight excluding hydrogens is 162 g/mol. The first-order valence-electron chi connectivity index (χ1n) is 5.10. The van der Waals surface area contributed by atoms with Crippen LogP contribution >= 0.6 is 0 Å². The van der Waals surface area contributed by atoms with Gasteiger partial charge in [-0.2, -0.15) is 5.26 Å². The Hall–Kier alpha value is -0.840. The van der Waals surface area contributed by atoms with Crippen molar-refractivity contribution in [2.45, 2.75) is 46.0 Å². The van der Waals surface area contributed by atoms with Gasteiger partial charge in [-0.05, 0) is 26.2 Å². The predicted molar refractivity (Wildman–Crippen MR) is 51.0 cm³/mol. The van der Waals surface area contributed by atoms with Gasteiger partial charge in [-0.3, -0.25) is 4.79 Å². The molecule has 2 nitrogen and oxygen atoms in total. The van der Waals surface area contributed by atoms with Crippen molar-refractivity contribution in [1.29, 1.82) is 5.26 Å². The second-order valence-corrected chi connectivity index (χ2v) is 3.99. The lowest BCUT2D eigenvalue weighted by molar-refractivity contribution is -0.133. The number of carbonyl (C=O) groups is 1. The molecule has 2 heteroatoms. The van der Waals surface area contributed by atoms with E-state index in [1.54, 1.807) is 0 Å². The lowest BCUT2D eigenvalue weighted by Gasteiger charge is -2.36. The Morgan fingerprint density at radius 3 is 2.77 bits per heavy atom. The number of ketones is 1. The number of carbonyl (C=O) groups excluding carboxylic acids is 1. The van der Waals surface area contributed by atoms with Crippen molar-refractivity contribution in [2.24, 2.45) is 11.3 Å². The molecule has 1 aliphatic carbocycles. The lowest BCUT2D eigenvalue weighted by atomic mass is 9.64. The van der Waals surface area contributed by atoms with Gasteiger partial charge in [0.05, 0.1) is 12.0 Å². The van der Waals surface area contributed by atoms with Gasteiger partial charge < -0.3 is 0 Å². The normalized spacial score (nSPS) is 31.0. The summed E-state index contributed by atoms with van der Waals surface area (Å²) in [5.74, 6) is 0.195. The van der Waals surface area contributed by atoms with Crippen molar-refractivity contribution < 1.29 is 4.79 Å². The van der Waals surface area contributed by atoms with Crippen LogP contribution in [0.1, 0.15) is 46.0 Å². The maximum Gasteiger partial charge on any atom is 0.140 e. The Morgan fingerprint density at radius 2 is 2.31 bits per heavy atom. The first kappa shape index (κ1) is 10.2. The zero-order valence-electron chi connectivity index (χ0n) is 8.47. The molecule has 0 aromatic heterocycles. The molecule has 2 atom stereocenters. The highest BCUT2D eigenvalue weighted by molar-refractivity contribution is 5.86. The summed E-state index contributed by atoms with van der Waals surface area (Å²) < 4.78 is 0. The van der Waals surface area contributed by atoms with Gasteiger partial charge in [-0.15, -0.1) is 0 Å². The molecule has 72 valence electrons. The maximum atomic E-state index is 11.8. The van der Waals surface area contributed by atoms with Gasteiger partial charge in [0.15, 0.2) is 0 Å². The van der Waals surface area contributed by atoms with Crippen molar-refractivity contribution in [2.75, 3.05) is 0 Å². The van der Waals surface area contributed by atoms with E-state index >= 15 is 0 Å². The Balaban J connectivity index is 2.90. The van der Waals surface area contributed by atoms with Crippen molar-refractivity contribution >= 4 is 5.78 Å². The van der Waals surface area contributed by atoms with Crippen molar-refractivity contribution in [3.8, 4) is 6.07 Å². The second kappa shape index (κ2) is 3.91. The summed E-state index contributed by atoms with van der Waals surface area (Å²) in [6.45, 7) is 3.91. The van der Waals surface area contributed by atoms with E-state index in [9.17, 15) is 4.79 Å². The molecule has 0 bridgehead atoms. The fraction of sp³-hybridized carbons (Fsp3) is 0.818. The predicted octanol–water partition coefficient (Wildman–Crippen LogP) is 2.69. The third-order valence-electron chi connectivity index (χ3n) is 3.49. The fourth-order valence-electron chi connectivity index (χ4n) is 2.38. The second-order valence-electron chi connectivity index (χ2n) is 3.99. The lowest BCUT2D eigenvalue weighted by Crippen LogP contribution is -2.38. The zero-order valence-corrected chi connectivity index (χ0v) is 8.47. The number of Topliss-reactive ketones (excluding diaryl/α,β-unsaturated/α-hetero) is 1. The van der Waals surface area contributed by atoms with Gasteiger partial charge in [0, 0.05) is 11.8 Å². The van der Waals surface area contributed by atoms with Gasteiger partial charge in [0.2, 0.25) is 0 Å². The van der Waals surface area contributed by atoms with E-state index in [1.807, 2.05) is 13.8 Å². The van der Waals surface area contributed by atoms with Crippen molar-refractivity contribution in [1.82, 2.24) is 0 Å². The van der Waals surface area contributed by atoms with Crippen LogP contribution in [0.2, 0.25) is 0 Å². The standard InChI is InChI=1S/C11H17NO/c1-3-11(9(2)8-12)7-5-4-6-10(11)13/h9H,3-7H2,1-2H3. The number of nitriles is 1. The third kappa shape index (κ3) is 1.60. The Kier molecular flexibility index (Phi) is 3.08. The molecule has 0 saturated heterocycles. The highest BCUT2D eigenvalue weighted by atomic mass is 16.1. The minimum absolute atomic E-state index is 0.120. The molecule has 1 rings (SSSR count). The number of hydrogen-bond acceptors (Lipinski definition) is 2. The minimum Gasteiger partial charge on any atom is -0.299 e. The molecule has 2 unspecified atom stereocenters. The van der Waals surface area contributed by atoms with Crippen LogP contribution in [0.3, 0.4) is 0 Å². The van der Waals surface area contributed by atoms with E-state index < -0.39 is 0 Å². The van der Waals surface area contributed by atoms with Gasteiger partial charge in [-0.25, -0.2) is 0 Å². The third-order valence-corrected chi connectivity index (χ3v) is 3.49. The summed E-state index contributed by atoms with van der Waals surface area (Å²) in [5, 5.41) is 8.90. The molecule has 0 aliphatic heterocycles. The van der Waals surface area contributed by atoms with Gasteiger partial charge >= 0.3 is 0 Å². The molecule has 13 heavy (non-hydrogen) atoms. The summed E-state index contributed by atoms with van der Waals surface area (Å²) in [5.41, 5.74) is -0.312. The molecule has 1 fully saturated rings.